The summed E-state index contributed by atoms with van der Waals surface area (Å²) in [5.74, 6) is 3.53. The first kappa shape index (κ1) is 14.6. The number of aryl methyl sites for hydroxylation is 2. The minimum Gasteiger partial charge on any atom is -0.485 e. The van der Waals surface area contributed by atoms with E-state index in [2.05, 4.69) is 15.5 Å². The molecule has 3 heterocycles. The fraction of sp³-hybridized carbons (Fsp3) is 0.294. The molecule has 24 heavy (non-hydrogen) atoms. The van der Waals surface area contributed by atoms with E-state index in [1.165, 1.54) is 0 Å². The molecule has 1 aromatic carbocycles. The van der Waals surface area contributed by atoms with E-state index in [0.717, 1.165) is 22.8 Å². The summed E-state index contributed by atoms with van der Waals surface area (Å²) >= 11 is 0. The number of benzene rings is 1. The van der Waals surface area contributed by atoms with Crippen molar-refractivity contribution in [3.63, 3.8) is 0 Å². The number of ether oxygens (including phenoxy) is 2. The van der Waals surface area contributed by atoms with Crippen LogP contribution in [0, 0.1) is 13.8 Å². The number of fused-ring (bicyclic) bond motifs is 1. The third-order valence-corrected chi connectivity index (χ3v) is 3.80. The largest absolute Gasteiger partial charge is 0.485 e. The number of anilines is 1. The summed E-state index contributed by atoms with van der Waals surface area (Å²) in [6, 6.07) is 9.82. The molecule has 4 rings (SSSR count). The molecular weight excluding hydrogens is 310 g/mol. The first-order valence-electron chi connectivity index (χ1n) is 7.71. The van der Waals surface area contributed by atoms with E-state index in [-0.39, 0.29) is 0 Å². The molecule has 0 amide bonds. The summed E-state index contributed by atoms with van der Waals surface area (Å²) in [6.45, 7) is 4.72. The first-order chi connectivity index (χ1) is 11.7. The zero-order valence-corrected chi connectivity index (χ0v) is 13.4. The number of nitrogens with zero attached hydrogens (tertiary/aromatic N) is 2. The number of hydrogen-bond acceptors (Lipinski definition) is 7. The molecule has 0 fully saturated rings. The van der Waals surface area contributed by atoms with E-state index in [0.29, 0.717) is 30.8 Å². The van der Waals surface area contributed by atoms with Gasteiger partial charge in [-0.15, -0.1) is 5.10 Å². The van der Waals surface area contributed by atoms with Gasteiger partial charge >= 0.3 is 6.01 Å². The molecule has 0 aliphatic carbocycles. The highest BCUT2D eigenvalue weighted by Crippen LogP contribution is 2.35. The second-order valence-corrected chi connectivity index (χ2v) is 5.60. The average molecular weight is 327 g/mol. The van der Waals surface area contributed by atoms with Gasteiger partial charge in [-0.25, -0.2) is 0 Å². The molecule has 0 saturated heterocycles. The SMILES string of the molecule is Cc1cc(CNc2nnc([C@@H]3COc4ccccc4O3)o2)c(C)o1. The maximum atomic E-state index is 5.85. The van der Waals surface area contributed by atoms with E-state index in [4.69, 9.17) is 18.3 Å². The number of rotatable bonds is 4. The Balaban J connectivity index is 1.43. The standard InChI is InChI=1S/C17H17N3O4/c1-10-7-12(11(2)22-10)8-18-17-20-19-16(24-17)15-9-21-13-5-3-4-6-14(13)23-15/h3-7,15H,8-9H2,1-2H3,(H,18,20)/t15-/m0/s1. The van der Waals surface area contributed by atoms with Gasteiger partial charge < -0.3 is 23.6 Å². The summed E-state index contributed by atoms with van der Waals surface area (Å²) < 4.78 is 22.6. The Labute approximate surface area is 138 Å². The van der Waals surface area contributed by atoms with Crippen molar-refractivity contribution in [3.05, 3.63) is 53.3 Å². The van der Waals surface area contributed by atoms with Gasteiger partial charge in [-0.1, -0.05) is 17.2 Å². The van der Waals surface area contributed by atoms with E-state index in [1.54, 1.807) is 0 Å². The summed E-state index contributed by atoms with van der Waals surface area (Å²) in [5.41, 5.74) is 1.05. The quantitative estimate of drug-likeness (QED) is 0.786. The van der Waals surface area contributed by atoms with Crippen LogP contribution in [0.1, 0.15) is 29.1 Å². The van der Waals surface area contributed by atoms with Crippen molar-refractivity contribution in [2.24, 2.45) is 0 Å². The molecule has 0 saturated carbocycles. The van der Waals surface area contributed by atoms with E-state index >= 15 is 0 Å². The number of aromatic nitrogens is 2. The molecule has 0 spiro atoms. The molecule has 2 aromatic heterocycles. The van der Waals surface area contributed by atoms with Crippen LogP contribution in [0.5, 0.6) is 11.5 Å². The van der Waals surface area contributed by atoms with Crippen molar-refractivity contribution in [1.82, 2.24) is 10.2 Å². The van der Waals surface area contributed by atoms with Crippen molar-refractivity contribution >= 4 is 6.01 Å². The van der Waals surface area contributed by atoms with Crippen LogP contribution in [0.4, 0.5) is 6.01 Å². The van der Waals surface area contributed by atoms with Gasteiger partial charge in [0.1, 0.15) is 18.1 Å². The normalized spacial score (nSPS) is 16.2. The van der Waals surface area contributed by atoms with Gasteiger partial charge in [0, 0.05) is 12.1 Å². The van der Waals surface area contributed by atoms with Crippen molar-refractivity contribution in [1.29, 1.82) is 0 Å². The van der Waals surface area contributed by atoms with Crippen LogP contribution in [0.2, 0.25) is 0 Å². The number of para-hydroxylation sites is 2. The molecule has 0 radical (unpaired) electrons. The van der Waals surface area contributed by atoms with Gasteiger partial charge in [0.25, 0.3) is 5.89 Å². The molecule has 1 aliphatic heterocycles. The predicted octanol–water partition coefficient (Wildman–Crippen LogP) is 3.40. The summed E-state index contributed by atoms with van der Waals surface area (Å²) in [7, 11) is 0. The molecule has 1 aliphatic rings. The Morgan fingerprint density at radius 1 is 1.12 bits per heavy atom. The number of hydrogen-bond donors (Lipinski definition) is 1. The lowest BCUT2D eigenvalue weighted by Crippen LogP contribution is -2.21. The fourth-order valence-corrected chi connectivity index (χ4v) is 2.61. The molecule has 3 aromatic rings. The third-order valence-electron chi connectivity index (χ3n) is 3.80. The van der Waals surface area contributed by atoms with Crippen molar-refractivity contribution in [2.75, 3.05) is 11.9 Å². The Kier molecular flexibility index (Phi) is 3.60. The Morgan fingerprint density at radius 3 is 2.75 bits per heavy atom. The highest BCUT2D eigenvalue weighted by molar-refractivity contribution is 5.41. The van der Waals surface area contributed by atoms with Crippen LogP contribution in [-0.2, 0) is 6.54 Å². The molecule has 1 N–H and O–H groups in total. The highest BCUT2D eigenvalue weighted by atomic mass is 16.6. The lowest BCUT2D eigenvalue weighted by atomic mass is 10.2. The molecular formula is C17H17N3O4. The van der Waals surface area contributed by atoms with Crippen LogP contribution in [0.3, 0.4) is 0 Å². The zero-order valence-electron chi connectivity index (χ0n) is 13.4. The van der Waals surface area contributed by atoms with Crippen LogP contribution in [0.25, 0.3) is 0 Å². The smallest absolute Gasteiger partial charge is 0.315 e. The third kappa shape index (κ3) is 2.80. The summed E-state index contributed by atoms with van der Waals surface area (Å²) in [4.78, 5) is 0. The number of nitrogens with one attached hydrogen (secondary N) is 1. The van der Waals surface area contributed by atoms with E-state index in [1.807, 2.05) is 44.2 Å². The van der Waals surface area contributed by atoms with Crippen molar-refractivity contribution < 1.29 is 18.3 Å². The van der Waals surface area contributed by atoms with E-state index < -0.39 is 6.10 Å². The predicted molar refractivity (Wildman–Crippen MR) is 85.1 cm³/mol. The van der Waals surface area contributed by atoms with Crippen LogP contribution < -0.4 is 14.8 Å². The van der Waals surface area contributed by atoms with Gasteiger partial charge in [0.05, 0.1) is 0 Å². The average Bonchev–Trinajstić information content (AvgIpc) is 3.18. The molecule has 1 atom stereocenters. The Morgan fingerprint density at radius 2 is 1.96 bits per heavy atom. The summed E-state index contributed by atoms with van der Waals surface area (Å²) in [5, 5.41) is 11.1. The van der Waals surface area contributed by atoms with Gasteiger partial charge in [0.2, 0.25) is 6.10 Å². The molecule has 0 unspecified atom stereocenters. The lowest BCUT2D eigenvalue weighted by Gasteiger charge is -2.23. The van der Waals surface area contributed by atoms with Crippen molar-refractivity contribution in [2.45, 2.75) is 26.5 Å². The lowest BCUT2D eigenvalue weighted by molar-refractivity contribution is 0.0717. The van der Waals surface area contributed by atoms with Gasteiger partial charge in [0.15, 0.2) is 11.5 Å². The minimum absolute atomic E-state index is 0.332. The molecule has 7 nitrogen and oxygen atoms in total. The maximum absolute atomic E-state index is 5.85. The molecule has 0 bridgehead atoms. The Bertz CT molecular complexity index is 855. The second-order valence-electron chi connectivity index (χ2n) is 5.60. The maximum Gasteiger partial charge on any atom is 0.315 e. The minimum atomic E-state index is -0.416. The van der Waals surface area contributed by atoms with Gasteiger partial charge in [-0.3, -0.25) is 0 Å². The molecule has 124 valence electrons. The fourth-order valence-electron chi connectivity index (χ4n) is 2.61. The van der Waals surface area contributed by atoms with Crippen LogP contribution >= 0.6 is 0 Å². The summed E-state index contributed by atoms with van der Waals surface area (Å²) in [6.07, 6.45) is -0.416. The number of furan rings is 1. The van der Waals surface area contributed by atoms with Crippen LogP contribution in [0.15, 0.2) is 39.2 Å². The van der Waals surface area contributed by atoms with Gasteiger partial charge in [-0.05, 0) is 32.0 Å². The first-order valence-corrected chi connectivity index (χ1v) is 7.71. The monoisotopic (exact) mass is 327 g/mol. The Hall–Kier alpha value is -2.96. The zero-order chi connectivity index (χ0) is 16.5. The van der Waals surface area contributed by atoms with Crippen molar-refractivity contribution in [3.8, 4) is 11.5 Å². The van der Waals surface area contributed by atoms with E-state index in [9.17, 15) is 0 Å². The molecule has 7 heteroatoms. The second kappa shape index (κ2) is 5.92. The van der Waals surface area contributed by atoms with Gasteiger partial charge in [-0.2, -0.15) is 0 Å². The van der Waals surface area contributed by atoms with Crippen LogP contribution in [-0.4, -0.2) is 16.8 Å². The topological polar surface area (TPSA) is 82.6 Å². The highest BCUT2D eigenvalue weighted by Gasteiger charge is 2.27.